The average Bonchev–Trinajstić information content (AvgIpc) is 3.66. The van der Waals surface area contributed by atoms with E-state index in [1.807, 2.05) is 78.9 Å². The topological polar surface area (TPSA) is 232 Å². The minimum Gasteiger partial charge on any atom is -0.497 e. The van der Waals surface area contributed by atoms with Gasteiger partial charge in [-0.25, -0.2) is 24.2 Å². The first-order chi connectivity index (χ1) is 33.1. The summed E-state index contributed by atoms with van der Waals surface area (Å²) in [5.74, 6) is -0.758. The third-order valence-corrected chi connectivity index (χ3v) is 9.72. The van der Waals surface area contributed by atoms with Crippen LogP contribution in [0.1, 0.15) is 99.8 Å². The van der Waals surface area contributed by atoms with Crippen LogP contribution in [0.5, 0.6) is 11.5 Å². The van der Waals surface area contributed by atoms with Crippen molar-refractivity contribution in [3.63, 3.8) is 0 Å². The van der Waals surface area contributed by atoms with Gasteiger partial charge in [-0.2, -0.15) is 14.9 Å². The van der Waals surface area contributed by atoms with Gasteiger partial charge >= 0.3 is 24.4 Å². The fraction of sp³-hybridized carbons (Fsp3) is 0.451. The monoisotopic (exact) mass is 983 g/mol. The molecule has 0 radical (unpaired) electrons. The van der Waals surface area contributed by atoms with E-state index in [4.69, 9.17) is 33.2 Å². The predicted molar refractivity (Wildman–Crippen MR) is 262 cm³/mol. The first-order valence-electron chi connectivity index (χ1n) is 22.7. The Bertz CT molecular complexity index is 2560. The Kier molecular flexibility index (Phi) is 16.7. The number of aromatic nitrogens is 4. The Labute approximate surface area is 413 Å². The second kappa shape index (κ2) is 21.8. The predicted octanol–water partition coefficient (Wildman–Crippen LogP) is 8.68. The molecule has 3 aromatic carbocycles. The van der Waals surface area contributed by atoms with Crippen LogP contribution in [0.15, 0.2) is 85.2 Å². The molecule has 0 aliphatic rings. The molecule has 2 aromatic heterocycles. The summed E-state index contributed by atoms with van der Waals surface area (Å²) in [4.78, 5) is 84.4. The number of amides is 5. The molecule has 5 aromatic rings. The number of aliphatic hydroxyl groups is 1. The summed E-state index contributed by atoms with van der Waals surface area (Å²) in [5.41, 5.74) is -4.22. The lowest BCUT2D eigenvalue weighted by Crippen LogP contribution is -2.46. The molecular formula is C51H65N7O13. The molecule has 71 heavy (non-hydrogen) atoms. The van der Waals surface area contributed by atoms with Gasteiger partial charge in [-0.15, -0.1) is 4.90 Å². The van der Waals surface area contributed by atoms with Gasteiger partial charge in [0, 0.05) is 0 Å². The van der Waals surface area contributed by atoms with E-state index < -0.39 is 89.2 Å². The minimum atomic E-state index is -1.29. The van der Waals surface area contributed by atoms with Crippen molar-refractivity contribution < 1.29 is 62.2 Å². The molecule has 1 atom stereocenters. The van der Waals surface area contributed by atoms with Crippen LogP contribution in [-0.4, -0.2) is 111 Å². The number of aliphatic hydroxyl groups excluding tert-OH is 1. The molecule has 0 bridgehead atoms. The number of carbonyl (C=O) groups is 5. The van der Waals surface area contributed by atoms with Crippen molar-refractivity contribution >= 4 is 53.2 Å². The number of hydrogen-bond donors (Lipinski definition) is 2. The zero-order valence-electron chi connectivity index (χ0n) is 42.8. The lowest BCUT2D eigenvalue weighted by atomic mass is 9.80. The van der Waals surface area contributed by atoms with Crippen LogP contribution in [0.25, 0.3) is 11.2 Å². The van der Waals surface area contributed by atoms with E-state index in [1.54, 1.807) is 97.3 Å². The van der Waals surface area contributed by atoms with Gasteiger partial charge in [0.15, 0.2) is 17.0 Å². The van der Waals surface area contributed by atoms with Crippen LogP contribution in [0.2, 0.25) is 0 Å². The molecule has 2 N–H and O–H groups in total. The highest BCUT2D eigenvalue weighted by atomic mass is 16.6. The molecule has 0 unspecified atom stereocenters. The summed E-state index contributed by atoms with van der Waals surface area (Å²) in [6.45, 7) is 17.5. The number of rotatable bonds is 14. The molecule has 0 aliphatic carbocycles. The molecule has 0 saturated carbocycles. The Hall–Kier alpha value is -7.32. The Morgan fingerprint density at radius 3 is 1.44 bits per heavy atom. The summed E-state index contributed by atoms with van der Waals surface area (Å²) < 4.78 is 41.5. The van der Waals surface area contributed by atoms with Crippen LogP contribution < -0.4 is 24.6 Å². The van der Waals surface area contributed by atoms with E-state index >= 15 is 0 Å². The quantitative estimate of drug-likeness (QED) is 0.0782. The zero-order valence-corrected chi connectivity index (χ0v) is 42.8. The number of imidazole rings is 1. The van der Waals surface area contributed by atoms with Gasteiger partial charge in [-0.05, 0) is 124 Å². The number of fused-ring (bicyclic) bond motifs is 1. The number of hydrogen-bond acceptors (Lipinski definition) is 16. The Morgan fingerprint density at radius 1 is 0.606 bits per heavy atom. The fourth-order valence-electron chi connectivity index (χ4n) is 6.87. The lowest BCUT2D eigenvalue weighted by Gasteiger charge is -2.37. The average molecular weight is 984 g/mol. The molecule has 5 amide bonds. The number of carbonyl (C=O) groups excluding carboxylic acids is 5. The van der Waals surface area contributed by atoms with Crippen molar-refractivity contribution in [3.8, 4) is 11.5 Å². The van der Waals surface area contributed by atoms with Crippen LogP contribution in [0.3, 0.4) is 0 Å². The van der Waals surface area contributed by atoms with Crippen molar-refractivity contribution in [2.24, 2.45) is 0 Å². The van der Waals surface area contributed by atoms with Gasteiger partial charge < -0.3 is 48.1 Å². The summed E-state index contributed by atoms with van der Waals surface area (Å²) in [6.07, 6.45) is -3.88. The van der Waals surface area contributed by atoms with E-state index in [1.165, 1.54) is 10.9 Å². The molecule has 5 rings (SSSR count). The third kappa shape index (κ3) is 14.2. The van der Waals surface area contributed by atoms with Crippen molar-refractivity contribution in [2.75, 3.05) is 37.2 Å². The van der Waals surface area contributed by atoms with Gasteiger partial charge in [0.05, 0.1) is 39.8 Å². The molecule has 382 valence electrons. The van der Waals surface area contributed by atoms with E-state index in [0.717, 1.165) is 5.56 Å². The number of benzene rings is 3. The number of ether oxygens (including phenoxy) is 7. The van der Waals surface area contributed by atoms with Crippen LogP contribution in [-0.2, 0) is 40.6 Å². The summed E-state index contributed by atoms with van der Waals surface area (Å²) in [7, 11) is 3.13. The van der Waals surface area contributed by atoms with Crippen molar-refractivity contribution in [3.05, 3.63) is 102 Å². The van der Waals surface area contributed by atoms with Crippen LogP contribution in [0, 0.1) is 0 Å². The number of imide groups is 2. The molecule has 20 nitrogen and oxygen atoms in total. The van der Waals surface area contributed by atoms with Crippen molar-refractivity contribution in [2.45, 2.75) is 124 Å². The maximum Gasteiger partial charge on any atom is 0.427 e. The second-order valence-corrected chi connectivity index (χ2v) is 20.2. The smallest absolute Gasteiger partial charge is 0.427 e. The molecule has 0 fully saturated rings. The molecule has 0 aliphatic heterocycles. The van der Waals surface area contributed by atoms with Crippen molar-refractivity contribution in [1.29, 1.82) is 0 Å². The first-order valence-corrected chi connectivity index (χ1v) is 22.7. The fourth-order valence-corrected chi connectivity index (χ4v) is 6.87. The molecular weight excluding hydrogens is 919 g/mol. The Morgan fingerprint density at radius 2 is 1.03 bits per heavy atom. The Balaban J connectivity index is 1.62. The van der Waals surface area contributed by atoms with Crippen molar-refractivity contribution in [1.82, 2.24) is 24.8 Å². The van der Waals surface area contributed by atoms with E-state index in [-0.39, 0.29) is 17.8 Å². The maximum atomic E-state index is 14.2. The van der Waals surface area contributed by atoms with E-state index in [2.05, 4.69) is 20.3 Å². The standard InChI is InChI=1S/C51H65N7O13/c1-47(2,3)68-43(61)57(44(62)69-48(4,5)6)41-39-40(54-42(55-41)58(45(63)70-49(7,8)9)46(64)71-50(10,11)12)56(31-52-39)28-38(60)53-35(29-59)30-67-51(32-18-16-15-17-19-32,33-20-24-36(65-13)25-21-33)34-22-26-37(66-14)27-23-34/h15-27,31,35,59H,28-30H2,1-14H3,(H,53,60)/t35-/m1/s1. The maximum absolute atomic E-state index is 14.2. The second-order valence-electron chi connectivity index (χ2n) is 20.2. The third-order valence-electron chi connectivity index (χ3n) is 9.72. The van der Waals surface area contributed by atoms with Gasteiger partial charge in [0.1, 0.15) is 46.0 Å². The summed E-state index contributed by atoms with van der Waals surface area (Å²) >= 11 is 0. The number of anilines is 2. The van der Waals surface area contributed by atoms with Gasteiger partial charge in [-0.1, -0.05) is 54.6 Å². The molecule has 0 saturated heterocycles. The van der Waals surface area contributed by atoms with Gasteiger partial charge in [-0.3, -0.25) is 4.79 Å². The molecule has 2 heterocycles. The largest absolute Gasteiger partial charge is 0.497 e. The van der Waals surface area contributed by atoms with E-state index in [9.17, 15) is 29.1 Å². The highest BCUT2D eigenvalue weighted by Gasteiger charge is 2.41. The first kappa shape index (κ1) is 54.6. The summed E-state index contributed by atoms with van der Waals surface area (Å²) in [5, 5.41) is 13.6. The zero-order chi connectivity index (χ0) is 52.7. The number of methoxy groups -OCH3 is 2. The number of nitrogens with zero attached hydrogens (tertiary/aromatic N) is 6. The molecule has 20 heteroatoms. The van der Waals surface area contributed by atoms with Crippen LogP contribution >= 0.6 is 0 Å². The normalized spacial score (nSPS) is 12.6. The summed E-state index contributed by atoms with van der Waals surface area (Å²) in [6, 6.07) is 23.2. The minimum absolute atomic E-state index is 0.224. The van der Waals surface area contributed by atoms with E-state index in [0.29, 0.717) is 32.4 Å². The number of nitrogens with one attached hydrogen (secondary N) is 1. The van der Waals surface area contributed by atoms with Gasteiger partial charge in [0.2, 0.25) is 11.9 Å². The molecule has 0 spiro atoms. The highest BCUT2D eigenvalue weighted by molar-refractivity contribution is 6.14. The highest BCUT2D eigenvalue weighted by Crippen LogP contribution is 2.42. The lowest BCUT2D eigenvalue weighted by molar-refractivity contribution is -0.123. The van der Waals surface area contributed by atoms with Gasteiger partial charge in [0.25, 0.3) is 0 Å². The SMILES string of the molecule is COc1ccc(C(OC[C@@H](CO)NC(=O)Cn2cnc3c(N(C(=O)OC(C)(C)C)C(=O)OC(C)(C)C)nc(N(C(=O)OC(C)(C)C)C(=O)OC(C)(C)C)nc32)(c2ccccc2)c2ccc(OC)cc2)cc1. The van der Waals surface area contributed by atoms with Crippen LogP contribution in [0.4, 0.5) is 30.9 Å².